The van der Waals surface area contributed by atoms with Crippen molar-refractivity contribution < 1.29 is 19.1 Å². The first-order valence-electron chi connectivity index (χ1n) is 8.47. The Balaban J connectivity index is 1.98. The fraction of sp³-hybridized carbons (Fsp3) is 0.400. The highest BCUT2D eigenvalue weighted by Gasteiger charge is 2.40. The molecule has 1 saturated carbocycles. The van der Waals surface area contributed by atoms with Gasteiger partial charge in [0.15, 0.2) is 5.78 Å². The van der Waals surface area contributed by atoms with Gasteiger partial charge in [-0.05, 0) is 32.3 Å². The van der Waals surface area contributed by atoms with Crippen LogP contribution in [0.2, 0.25) is 0 Å². The number of fused-ring (bicyclic) bond motifs is 1. The second-order valence-electron chi connectivity index (χ2n) is 6.16. The van der Waals surface area contributed by atoms with E-state index >= 15 is 0 Å². The van der Waals surface area contributed by atoms with Crippen LogP contribution in [0.15, 0.2) is 53.0 Å². The van der Waals surface area contributed by atoms with Crippen LogP contribution < -0.4 is 0 Å². The minimum Gasteiger partial charge on any atom is -0.465 e. The molecule has 4 nitrogen and oxygen atoms in total. The monoisotopic (exact) mass is 326 g/mol. The molecule has 0 saturated heterocycles. The van der Waals surface area contributed by atoms with E-state index in [-0.39, 0.29) is 17.7 Å². The number of hydrogen-bond acceptors (Lipinski definition) is 4. The van der Waals surface area contributed by atoms with Crippen LogP contribution in [0.3, 0.4) is 0 Å². The van der Waals surface area contributed by atoms with E-state index in [1.54, 1.807) is 13.8 Å². The molecule has 1 aromatic rings. The number of carbonyl (C=O) groups is 2. The Morgan fingerprint density at radius 3 is 2.75 bits per heavy atom. The van der Waals surface area contributed by atoms with Crippen LogP contribution in [-0.4, -0.2) is 18.4 Å². The summed E-state index contributed by atoms with van der Waals surface area (Å²) in [7, 11) is 0. The van der Waals surface area contributed by atoms with Gasteiger partial charge in [0.2, 0.25) is 0 Å². The van der Waals surface area contributed by atoms with E-state index in [4.69, 9.17) is 9.47 Å². The number of rotatable bonds is 4. The molecular weight excluding hydrogens is 304 g/mol. The summed E-state index contributed by atoms with van der Waals surface area (Å²) in [6, 6.07) is 9.92. The number of hydrogen-bond donors (Lipinski definition) is 0. The van der Waals surface area contributed by atoms with Crippen molar-refractivity contribution in [3.63, 3.8) is 0 Å². The maximum atomic E-state index is 12.5. The van der Waals surface area contributed by atoms with Crippen LogP contribution in [-0.2, 0) is 25.5 Å². The van der Waals surface area contributed by atoms with Gasteiger partial charge in [-0.15, -0.1) is 0 Å². The lowest BCUT2D eigenvalue weighted by Crippen LogP contribution is -2.31. The number of benzene rings is 1. The largest absolute Gasteiger partial charge is 0.465 e. The van der Waals surface area contributed by atoms with Gasteiger partial charge in [0.25, 0.3) is 0 Å². The molecule has 4 heteroatoms. The molecule has 1 aromatic carbocycles. The van der Waals surface area contributed by atoms with E-state index in [9.17, 15) is 9.59 Å². The van der Waals surface area contributed by atoms with Crippen molar-refractivity contribution in [2.75, 3.05) is 6.61 Å². The van der Waals surface area contributed by atoms with E-state index in [0.717, 1.165) is 18.4 Å². The molecule has 1 unspecified atom stereocenters. The Bertz CT molecular complexity index is 712. The lowest BCUT2D eigenvalue weighted by Gasteiger charge is -2.33. The number of allylic oxidation sites excluding steroid dienone is 3. The maximum absolute atomic E-state index is 12.5. The van der Waals surface area contributed by atoms with Crippen LogP contribution in [0.25, 0.3) is 0 Å². The van der Waals surface area contributed by atoms with Crippen LogP contribution in [0.5, 0.6) is 0 Å². The fourth-order valence-electron chi connectivity index (χ4n) is 3.53. The van der Waals surface area contributed by atoms with Crippen molar-refractivity contribution in [1.82, 2.24) is 0 Å². The van der Waals surface area contributed by atoms with E-state index in [2.05, 4.69) is 0 Å². The van der Waals surface area contributed by atoms with Gasteiger partial charge in [0, 0.05) is 24.3 Å². The Hall–Kier alpha value is -2.36. The molecule has 0 amide bonds. The number of Topliss-reactive ketones (excluding diaryl/α,β-unsaturated/α-hetero) is 1. The molecule has 2 aliphatic rings. The molecule has 1 fully saturated rings. The summed E-state index contributed by atoms with van der Waals surface area (Å²) in [5, 5.41) is 0. The predicted octanol–water partition coefficient (Wildman–Crippen LogP) is 3.72. The lowest BCUT2D eigenvalue weighted by molar-refractivity contribution is -0.139. The fourth-order valence-corrected chi connectivity index (χ4v) is 3.53. The normalized spacial score (nSPS) is 20.6. The van der Waals surface area contributed by atoms with Crippen molar-refractivity contribution in [1.29, 1.82) is 0 Å². The molecule has 0 N–H and O–H groups in total. The third kappa shape index (κ3) is 3.14. The average Bonchev–Trinajstić information content (AvgIpc) is 2.56. The number of carbonyl (C=O) groups excluding carboxylic acids is 2. The first kappa shape index (κ1) is 16.5. The van der Waals surface area contributed by atoms with Crippen molar-refractivity contribution >= 4 is 11.8 Å². The molecule has 1 aliphatic carbocycles. The minimum absolute atomic E-state index is 0.0893. The van der Waals surface area contributed by atoms with Crippen molar-refractivity contribution in [2.45, 2.75) is 39.5 Å². The lowest BCUT2D eigenvalue weighted by atomic mass is 9.76. The molecule has 1 aliphatic heterocycles. The minimum atomic E-state index is -0.369. The topological polar surface area (TPSA) is 52.6 Å². The Morgan fingerprint density at radius 1 is 1.29 bits per heavy atom. The molecule has 126 valence electrons. The van der Waals surface area contributed by atoms with Gasteiger partial charge in [0.1, 0.15) is 11.5 Å². The predicted molar refractivity (Wildman–Crippen MR) is 89.9 cm³/mol. The summed E-state index contributed by atoms with van der Waals surface area (Å²) in [5.74, 6) is 0.763. The maximum Gasteiger partial charge on any atom is 0.338 e. The summed E-state index contributed by atoms with van der Waals surface area (Å²) in [6.07, 6.45) is 2.66. The van der Waals surface area contributed by atoms with Gasteiger partial charge in [-0.1, -0.05) is 30.3 Å². The van der Waals surface area contributed by atoms with Gasteiger partial charge >= 0.3 is 5.97 Å². The summed E-state index contributed by atoms with van der Waals surface area (Å²) in [5.41, 5.74) is 2.26. The standard InChI is InChI=1S/C20H22O4/c1-3-23-20(22)18-13(2)24-17(12-14-8-5-4-6-9-14)19-15(18)10-7-11-16(19)21/h4-6,8-9,15H,3,7,10-12H2,1-2H3. The second-order valence-corrected chi connectivity index (χ2v) is 6.16. The summed E-state index contributed by atoms with van der Waals surface area (Å²) < 4.78 is 11.1. The second kappa shape index (κ2) is 7.04. The zero-order valence-corrected chi connectivity index (χ0v) is 14.1. The first-order valence-corrected chi connectivity index (χ1v) is 8.47. The Morgan fingerprint density at radius 2 is 2.04 bits per heavy atom. The van der Waals surface area contributed by atoms with Crippen LogP contribution in [0.4, 0.5) is 0 Å². The van der Waals surface area contributed by atoms with E-state index in [1.165, 1.54) is 0 Å². The van der Waals surface area contributed by atoms with Gasteiger partial charge in [-0.25, -0.2) is 4.79 Å². The van der Waals surface area contributed by atoms with Gasteiger partial charge in [-0.3, -0.25) is 4.79 Å². The molecule has 0 aromatic heterocycles. The third-order valence-electron chi connectivity index (χ3n) is 4.55. The van der Waals surface area contributed by atoms with Crippen LogP contribution in [0, 0.1) is 5.92 Å². The zero-order chi connectivity index (χ0) is 17.1. The zero-order valence-electron chi connectivity index (χ0n) is 14.1. The number of esters is 1. The Labute approximate surface area is 142 Å². The molecule has 1 heterocycles. The average molecular weight is 326 g/mol. The van der Waals surface area contributed by atoms with E-state index < -0.39 is 0 Å². The third-order valence-corrected chi connectivity index (χ3v) is 4.55. The van der Waals surface area contributed by atoms with Gasteiger partial charge < -0.3 is 9.47 Å². The quantitative estimate of drug-likeness (QED) is 0.791. The molecular formula is C20H22O4. The van der Waals surface area contributed by atoms with Crippen molar-refractivity contribution in [3.8, 4) is 0 Å². The molecule has 0 radical (unpaired) electrons. The molecule has 1 atom stereocenters. The summed E-state index contributed by atoms with van der Waals surface area (Å²) in [4.78, 5) is 24.9. The SMILES string of the molecule is CCOC(=O)C1=C(C)OC(Cc2ccccc2)=C2C(=O)CCCC12. The van der Waals surface area contributed by atoms with Crippen molar-refractivity contribution in [3.05, 3.63) is 58.6 Å². The van der Waals surface area contributed by atoms with E-state index in [0.29, 0.717) is 42.1 Å². The van der Waals surface area contributed by atoms with Gasteiger partial charge in [-0.2, -0.15) is 0 Å². The highest BCUT2D eigenvalue weighted by molar-refractivity contribution is 6.01. The smallest absolute Gasteiger partial charge is 0.338 e. The Kier molecular flexibility index (Phi) is 4.84. The molecule has 3 rings (SSSR count). The van der Waals surface area contributed by atoms with Crippen molar-refractivity contribution in [2.24, 2.45) is 5.92 Å². The molecule has 24 heavy (non-hydrogen) atoms. The molecule has 0 bridgehead atoms. The highest BCUT2D eigenvalue weighted by Crippen LogP contribution is 2.41. The van der Waals surface area contributed by atoms with Crippen LogP contribution >= 0.6 is 0 Å². The number of ether oxygens (including phenoxy) is 2. The summed E-state index contributed by atoms with van der Waals surface area (Å²) >= 11 is 0. The first-order chi connectivity index (χ1) is 11.6. The van der Waals surface area contributed by atoms with Crippen LogP contribution in [0.1, 0.15) is 38.7 Å². The molecule has 0 spiro atoms. The van der Waals surface area contributed by atoms with E-state index in [1.807, 2.05) is 30.3 Å². The summed E-state index contributed by atoms with van der Waals surface area (Å²) in [6.45, 7) is 3.88. The number of ketones is 1. The highest BCUT2D eigenvalue weighted by atomic mass is 16.5. The van der Waals surface area contributed by atoms with Gasteiger partial charge in [0.05, 0.1) is 12.2 Å².